The summed E-state index contributed by atoms with van der Waals surface area (Å²) in [5.41, 5.74) is 4.55. The first kappa shape index (κ1) is 19.0. The Labute approximate surface area is 160 Å². The Morgan fingerprint density at radius 3 is 2.74 bits per heavy atom. The van der Waals surface area contributed by atoms with Gasteiger partial charge in [0.15, 0.2) is 5.96 Å². The Bertz CT molecular complexity index is 904. The molecule has 0 amide bonds. The van der Waals surface area contributed by atoms with Crippen LogP contribution in [0.25, 0.3) is 11.0 Å². The van der Waals surface area contributed by atoms with Gasteiger partial charge in [-0.25, -0.2) is 0 Å². The molecule has 3 aromatic rings. The highest BCUT2D eigenvalue weighted by atomic mass is 16.3. The molecule has 0 spiro atoms. The highest BCUT2D eigenvalue weighted by Gasteiger charge is 2.14. The zero-order valence-electron chi connectivity index (χ0n) is 16.8. The maximum Gasteiger partial charge on any atom is 0.191 e. The molecule has 6 nitrogen and oxygen atoms in total. The molecule has 0 aliphatic rings. The molecular weight excluding hydrogens is 338 g/mol. The summed E-state index contributed by atoms with van der Waals surface area (Å²) in [6, 6.07) is 10.4. The molecule has 0 aliphatic heterocycles. The predicted octanol–water partition coefficient (Wildman–Crippen LogP) is 3.12. The molecule has 1 aromatic carbocycles. The van der Waals surface area contributed by atoms with Crippen molar-refractivity contribution in [3.8, 4) is 0 Å². The molecule has 144 valence electrons. The second kappa shape index (κ2) is 8.29. The Balaban J connectivity index is 1.51. The van der Waals surface area contributed by atoms with Gasteiger partial charge in [-0.3, -0.25) is 9.67 Å². The van der Waals surface area contributed by atoms with E-state index in [1.165, 1.54) is 11.3 Å². The van der Waals surface area contributed by atoms with Crippen molar-refractivity contribution in [2.45, 2.75) is 39.7 Å². The molecule has 2 N–H and O–H groups in total. The summed E-state index contributed by atoms with van der Waals surface area (Å²) in [5, 5.41) is 12.5. The average molecular weight is 367 g/mol. The normalized spacial score (nSPS) is 13.1. The Kier molecular flexibility index (Phi) is 5.84. The zero-order chi connectivity index (χ0) is 19.4. The number of hydrogen-bond acceptors (Lipinski definition) is 3. The van der Waals surface area contributed by atoms with Gasteiger partial charge in [0.2, 0.25) is 0 Å². The second-order valence-electron chi connectivity index (χ2n) is 7.02. The van der Waals surface area contributed by atoms with Crippen LogP contribution in [0.5, 0.6) is 0 Å². The molecule has 1 atom stereocenters. The van der Waals surface area contributed by atoms with Gasteiger partial charge in [0, 0.05) is 44.2 Å². The fraction of sp³-hybridized carbons (Fsp3) is 0.429. The van der Waals surface area contributed by atoms with E-state index in [1.54, 1.807) is 7.05 Å². The fourth-order valence-electron chi connectivity index (χ4n) is 3.36. The van der Waals surface area contributed by atoms with Crippen LogP contribution < -0.4 is 10.6 Å². The number of guanidine groups is 1. The minimum atomic E-state index is 0.254. The molecule has 2 heterocycles. The summed E-state index contributed by atoms with van der Waals surface area (Å²) in [6.45, 7) is 7.10. The van der Waals surface area contributed by atoms with Crippen molar-refractivity contribution in [2.75, 3.05) is 13.6 Å². The zero-order valence-corrected chi connectivity index (χ0v) is 16.8. The molecule has 0 saturated carbocycles. The summed E-state index contributed by atoms with van der Waals surface area (Å²) in [4.78, 5) is 4.34. The summed E-state index contributed by atoms with van der Waals surface area (Å²) < 4.78 is 7.80. The van der Waals surface area contributed by atoms with Crippen LogP contribution in [-0.2, 0) is 19.9 Å². The van der Waals surface area contributed by atoms with Crippen LogP contribution in [0.3, 0.4) is 0 Å². The van der Waals surface area contributed by atoms with Gasteiger partial charge in [-0.2, -0.15) is 5.10 Å². The number of benzene rings is 1. The number of aliphatic imine (C=N–C) groups is 1. The van der Waals surface area contributed by atoms with Gasteiger partial charge in [0.05, 0.1) is 5.69 Å². The van der Waals surface area contributed by atoms with Crippen molar-refractivity contribution in [3.63, 3.8) is 0 Å². The quantitative estimate of drug-likeness (QED) is 0.519. The molecule has 0 saturated heterocycles. The van der Waals surface area contributed by atoms with Crippen LogP contribution in [0.15, 0.2) is 39.7 Å². The maximum atomic E-state index is 5.86. The van der Waals surface area contributed by atoms with Crippen molar-refractivity contribution < 1.29 is 4.42 Å². The molecule has 0 fully saturated rings. The first-order chi connectivity index (χ1) is 13.0. The van der Waals surface area contributed by atoms with Crippen molar-refractivity contribution in [3.05, 3.63) is 53.0 Å². The number of furan rings is 1. The molecule has 0 bridgehead atoms. The molecule has 1 unspecified atom stereocenters. The van der Waals surface area contributed by atoms with E-state index in [2.05, 4.69) is 53.6 Å². The molecule has 0 radical (unpaired) electrons. The van der Waals surface area contributed by atoms with E-state index in [9.17, 15) is 0 Å². The van der Waals surface area contributed by atoms with Crippen molar-refractivity contribution >= 4 is 16.9 Å². The number of aryl methyl sites for hydroxylation is 2. The summed E-state index contributed by atoms with van der Waals surface area (Å²) in [6.07, 6.45) is 1.72. The fourth-order valence-corrected chi connectivity index (χ4v) is 3.36. The van der Waals surface area contributed by atoms with Crippen LogP contribution in [0.1, 0.15) is 29.6 Å². The van der Waals surface area contributed by atoms with Crippen LogP contribution in [-0.4, -0.2) is 35.4 Å². The number of nitrogens with one attached hydrogen (secondary N) is 2. The number of fused-ring (bicyclic) bond motifs is 1. The smallest absolute Gasteiger partial charge is 0.191 e. The second-order valence-corrected chi connectivity index (χ2v) is 7.02. The lowest BCUT2D eigenvalue weighted by molar-refractivity contribution is 0.543. The minimum absolute atomic E-state index is 0.254. The van der Waals surface area contributed by atoms with Gasteiger partial charge >= 0.3 is 0 Å². The van der Waals surface area contributed by atoms with Crippen molar-refractivity contribution in [1.82, 2.24) is 20.4 Å². The SMILES string of the molecule is CN=C(NCCc1cc2ccccc2o1)NC(C)Cc1c(C)nn(C)c1C. The number of rotatable bonds is 6. The van der Waals surface area contributed by atoms with Gasteiger partial charge in [-0.05, 0) is 44.9 Å². The number of para-hydroxylation sites is 1. The number of hydrogen-bond donors (Lipinski definition) is 2. The standard InChI is InChI=1S/C21H29N5O/c1-14(12-19-15(2)25-26(5)16(19)3)24-21(22-4)23-11-10-18-13-17-8-6-7-9-20(17)27-18/h6-9,13-14H,10-12H2,1-5H3,(H2,22,23,24). The van der Waals surface area contributed by atoms with E-state index < -0.39 is 0 Å². The van der Waals surface area contributed by atoms with Crippen molar-refractivity contribution in [1.29, 1.82) is 0 Å². The molecule has 0 aliphatic carbocycles. The third kappa shape index (κ3) is 4.51. The van der Waals surface area contributed by atoms with Crippen LogP contribution >= 0.6 is 0 Å². The highest BCUT2D eigenvalue weighted by molar-refractivity contribution is 5.80. The Hall–Kier alpha value is -2.76. The van der Waals surface area contributed by atoms with E-state index in [4.69, 9.17) is 4.42 Å². The molecule has 2 aromatic heterocycles. The van der Waals surface area contributed by atoms with E-state index in [-0.39, 0.29) is 6.04 Å². The maximum absolute atomic E-state index is 5.86. The third-order valence-electron chi connectivity index (χ3n) is 4.92. The van der Waals surface area contributed by atoms with Crippen molar-refractivity contribution in [2.24, 2.45) is 12.0 Å². The molecule has 27 heavy (non-hydrogen) atoms. The van der Waals surface area contributed by atoms with Crippen LogP contribution in [0, 0.1) is 13.8 Å². The van der Waals surface area contributed by atoms with E-state index in [0.29, 0.717) is 0 Å². The summed E-state index contributed by atoms with van der Waals surface area (Å²) in [7, 11) is 3.78. The van der Waals surface area contributed by atoms with Crippen LogP contribution in [0.4, 0.5) is 0 Å². The van der Waals surface area contributed by atoms with E-state index in [0.717, 1.165) is 47.8 Å². The van der Waals surface area contributed by atoms with Gasteiger partial charge < -0.3 is 15.1 Å². The first-order valence-electron chi connectivity index (χ1n) is 9.41. The van der Waals surface area contributed by atoms with Gasteiger partial charge in [0.25, 0.3) is 0 Å². The molecule has 3 rings (SSSR count). The van der Waals surface area contributed by atoms with Gasteiger partial charge in [0.1, 0.15) is 11.3 Å². The topological polar surface area (TPSA) is 67.4 Å². The highest BCUT2D eigenvalue weighted by Crippen LogP contribution is 2.18. The lowest BCUT2D eigenvalue weighted by atomic mass is 10.1. The predicted molar refractivity (Wildman–Crippen MR) is 110 cm³/mol. The summed E-state index contributed by atoms with van der Waals surface area (Å²) >= 11 is 0. The molecular formula is C21H29N5O. The largest absolute Gasteiger partial charge is 0.461 e. The number of nitrogens with zero attached hydrogens (tertiary/aromatic N) is 3. The van der Waals surface area contributed by atoms with E-state index in [1.807, 2.05) is 29.9 Å². The van der Waals surface area contributed by atoms with E-state index >= 15 is 0 Å². The number of aromatic nitrogens is 2. The van der Waals surface area contributed by atoms with Gasteiger partial charge in [-0.1, -0.05) is 18.2 Å². The lowest BCUT2D eigenvalue weighted by Gasteiger charge is -2.18. The van der Waals surface area contributed by atoms with Gasteiger partial charge in [-0.15, -0.1) is 0 Å². The first-order valence-corrected chi connectivity index (χ1v) is 9.41. The minimum Gasteiger partial charge on any atom is -0.461 e. The van der Waals surface area contributed by atoms with Crippen LogP contribution in [0.2, 0.25) is 0 Å². The monoisotopic (exact) mass is 367 g/mol. The Morgan fingerprint density at radius 2 is 2.07 bits per heavy atom. The summed E-state index contributed by atoms with van der Waals surface area (Å²) in [5.74, 6) is 1.78. The molecule has 6 heteroatoms. The Morgan fingerprint density at radius 1 is 1.30 bits per heavy atom. The third-order valence-corrected chi connectivity index (χ3v) is 4.92. The lowest BCUT2D eigenvalue weighted by Crippen LogP contribution is -2.43. The average Bonchev–Trinajstić information content (AvgIpc) is 3.16.